The topological polar surface area (TPSA) is 17.8 Å². The van der Waals surface area contributed by atoms with Crippen molar-refractivity contribution in [3.63, 3.8) is 0 Å². The lowest BCUT2D eigenvalue weighted by Crippen LogP contribution is -1.99. The molecule has 2 nitrogen and oxygen atoms in total. The quantitative estimate of drug-likeness (QED) is 0.178. The molecule has 5 aromatic carbocycles. The second-order valence-corrected chi connectivity index (χ2v) is 10.4. The van der Waals surface area contributed by atoms with Gasteiger partial charge in [0.05, 0.1) is 11.0 Å². The molecule has 2 heteroatoms. The van der Waals surface area contributed by atoms with Crippen LogP contribution in [0.15, 0.2) is 127 Å². The first-order valence-corrected chi connectivity index (χ1v) is 14.0. The molecule has 0 spiro atoms. The van der Waals surface area contributed by atoms with Crippen LogP contribution in [-0.2, 0) is 12.8 Å². The minimum atomic E-state index is 0.983. The fraction of sp³-hybridized carbons (Fsp3) is 0.162. The Morgan fingerprint density at radius 2 is 1.23 bits per heavy atom. The number of para-hydroxylation sites is 3. The molecule has 1 heterocycles. The molecule has 192 valence electrons. The van der Waals surface area contributed by atoms with E-state index in [-0.39, 0.29) is 0 Å². The largest absolute Gasteiger partial charge is 0.292 e. The van der Waals surface area contributed by atoms with Gasteiger partial charge in [0.2, 0.25) is 0 Å². The lowest BCUT2D eigenvalue weighted by Gasteiger charge is -2.13. The molecule has 6 rings (SSSR count). The average Bonchev–Trinajstić information content (AvgIpc) is 3.38. The van der Waals surface area contributed by atoms with E-state index in [1.165, 1.54) is 59.1 Å². The summed E-state index contributed by atoms with van der Waals surface area (Å²) in [6, 6.07) is 45.6. The van der Waals surface area contributed by atoms with Gasteiger partial charge in [-0.25, -0.2) is 4.98 Å². The van der Waals surface area contributed by atoms with Crippen LogP contribution in [0.3, 0.4) is 0 Å². The summed E-state index contributed by atoms with van der Waals surface area (Å²) >= 11 is 0. The van der Waals surface area contributed by atoms with Crippen LogP contribution in [0.4, 0.5) is 0 Å². The maximum atomic E-state index is 5.12. The van der Waals surface area contributed by atoms with Crippen LogP contribution in [0.25, 0.3) is 39.2 Å². The third-order valence-corrected chi connectivity index (χ3v) is 7.59. The van der Waals surface area contributed by atoms with Gasteiger partial charge in [-0.3, -0.25) is 4.57 Å². The van der Waals surface area contributed by atoms with E-state index < -0.39 is 0 Å². The van der Waals surface area contributed by atoms with E-state index >= 15 is 0 Å². The summed E-state index contributed by atoms with van der Waals surface area (Å²) in [4.78, 5) is 5.12. The fourth-order valence-corrected chi connectivity index (χ4v) is 5.47. The third kappa shape index (κ3) is 5.56. The van der Waals surface area contributed by atoms with E-state index in [4.69, 9.17) is 4.98 Å². The molecule has 0 N–H and O–H groups in total. The van der Waals surface area contributed by atoms with E-state index in [1.807, 2.05) is 0 Å². The zero-order chi connectivity index (χ0) is 26.4. The van der Waals surface area contributed by atoms with E-state index in [0.29, 0.717) is 0 Å². The second-order valence-electron chi connectivity index (χ2n) is 10.4. The van der Waals surface area contributed by atoms with Crippen LogP contribution >= 0.6 is 0 Å². The smallest absolute Gasteiger partial charge is 0.146 e. The van der Waals surface area contributed by atoms with Crippen molar-refractivity contribution in [2.45, 2.75) is 39.0 Å². The molecular weight excluding hydrogens is 472 g/mol. The molecule has 0 aliphatic rings. The minimum Gasteiger partial charge on any atom is -0.292 e. The predicted octanol–water partition coefficient (Wildman–Crippen LogP) is 9.62. The van der Waals surface area contributed by atoms with Crippen LogP contribution < -0.4 is 0 Å². The highest BCUT2D eigenvalue weighted by Gasteiger charge is 2.16. The molecule has 0 unspecified atom stereocenters. The van der Waals surface area contributed by atoms with E-state index in [1.54, 1.807) is 0 Å². The maximum Gasteiger partial charge on any atom is 0.146 e. The molecule has 6 aromatic rings. The fourth-order valence-electron chi connectivity index (χ4n) is 5.47. The van der Waals surface area contributed by atoms with Gasteiger partial charge in [0.15, 0.2) is 0 Å². The Kier molecular flexibility index (Phi) is 7.36. The first-order valence-electron chi connectivity index (χ1n) is 14.0. The molecule has 0 saturated carbocycles. The Morgan fingerprint density at radius 1 is 0.564 bits per heavy atom. The summed E-state index contributed by atoms with van der Waals surface area (Å²) in [5.41, 5.74) is 11.0. The normalized spacial score (nSPS) is 11.2. The lowest BCUT2D eigenvalue weighted by molar-refractivity contribution is 0.678. The monoisotopic (exact) mass is 506 g/mol. The molecular formula is C37H34N2. The van der Waals surface area contributed by atoms with E-state index in [0.717, 1.165) is 29.0 Å². The van der Waals surface area contributed by atoms with Crippen molar-refractivity contribution in [2.24, 2.45) is 0 Å². The Hall–Kier alpha value is -4.43. The number of nitrogens with zero attached hydrogens (tertiary/aromatic N) is 2. The molecule has 0 aliphatic carbocycles. The van der Waals surface area contributed by atoms with Crippen molar-refractivity contribution in [3.8, 4) is 28.2 Å². The zero-order valence-corrected chi connectivity index (χ0v) is 22.6. The number of benzene rings is 5. The summed E-state index contributed by atoms with van der Waals surface area (Å²) in [6.45, 7) is 2.18. The number of unbranched alkanes of at least 4 members (excludes halogenated alkanes) is 2. The Bertz CT molecular complexity index is 1680. The second kappa shape index (κ2) is 11.5. The molecule has 0 saturated heterocycles. The Balaban J connectivity index is 1.25. The van der Waals surface area contributed by atoms with Crippen molar-refractivity contribution in [1.82, 2.24) is 9.55 Å². The van der Waals surface area contributed by atoms with Gasteiger partial charge in [-0.15, -0.1) is 0 Å². The summed E-state index contributed by atoms with van der Waals surface area (Å²) < 4.78 is 2.29. The van der Waals surface area contributed by atoms with Gasteiger partial charge in [0, 0.05) is 11.3 Å². The first-order chi connectivity index (χ1) is 19.3. The molecule has 39 heavy (non-hydrogen) atoms. The van der Waals surface area contributed by atoms with Gasteiger partial charge >= 0.3 is 0 Å². The van der Waals surface area contributed by atoms with Crippen LogP contribution in [-0.4, -0.2) is 9.55 Å². The van der Waals surface area contributed by atoms with Crippen molar-refractivity contribution in [1.29, 1.82) is 0 Å². The van der Waals surface area contributed by atoms with Gasteiger partial charge in [0.1, 0.15) is 5.82 Å². The number of hydrogen-bond donors (Lipinski definition) is 0. The number of hydrogen-bond acceptors (Lipinski definition) is 1. The lowest BCUT2D eigenvalue weighted by atomic mass is 9.96. The highest BCUT2D eigenvalue weighted by molar-refractivity contribution is 5.85. The number of fused-ring (bicyclic) bond motifs is 1. The van der Waals surface area contributed by atoms with Gasteiger partial charge in [-0.2, -0.15) is 0 Å². The van der Waals surface area contributed by atoms with Gasteiger partial charge in [0.25, 0.3) is 0 Å². The predicted molar refractivity (Wildman–Crippen MR) is 164 cm³/mol. The molecule has 0 fully saturated rings. The van der Waals surface area contributed by atoms with Crippen molar-refractivity contribution < 1.29 is 0 Å². The van der Waals surface area contributed by atoms with E-state index in [2.05, 4.69) is 139 Å². The molecule has 0 amide bonds. The van der Waals surface area contributed by atoms with Crippen LogP contribution in [0.2, 0.25) is 0 Å². The first kappa shape index (κ1) is 24.9. The summed E-state index contributed by atoms with van der Waals surface area (Å²) in [5, 5.41) is 0. The number of imidazole rings is 1. The number of aromatic nitrogens is 2. The summed E-state index contributed by atoms with van der Waals surface area (Å²) in [7, 11) is 0. The molecule has 0 bridgehead atoms. The summed E-state index contributed by atoms with van der Waals surface area (Å²) in [5.74, 6) is 0.983. The third-order valence-electron chi connectivity index (χ3n) is 7.59. The van der Waals surface area contributed by atoms with Crippen molar-refractivity contribution in [3.05, 3.63) is 144 Å². The van der Waals surface area contributed by atoms with E-state index in [9.17, 15) is 0 Å². The molecule has 0 atom stereocenters. The molecule has 1 aromatic heterocycles. The zero-order valence-electron chi connectivity index (χ0n) is 22.6. The minimum absolute atomic E-state index is 0.983. The number of aryl methyl sites for hydroxylation is 3. The van der Waals surface area contributed by atoms with Gasteiger partial charge in [-0.1, -0.05) is 103 Å². The van der Waals surface area contributed by atoms with Crippen LogP contribution in [0.1, 0.15) is 36.0 Å². The van der Waals surface area contributed by atoms with Crippen molar-refractivity contribution >= 4 is 11.0 Å². The van der Waals surface area contributed by atoms with Crippen LogP contribution in [0, 0.1) is 6.92 Å². The standard InChI is InChI=1S/C37H34N2/c1-28-24-25-32(31-19-13-18-30(26-31)17-8-3-7-16-29-14-5-2-6-15-29)27-34(28)37-38-35-22-11-12-23-36(35)39(37)33-20-9-4-10-21-33/h2,4-6,9-15,18-27H,3,7-8,16-17H2,1H3. The maximum absolute atomic E-state index is 5.12. The van der Waals surface area contributed by atoms with Gasteiger partial charge in [-0.05, 0) is 90.8 Å². The van der Waals surface area contributed by atoms with Gasteiger partial charge < -0.3 is 0 Å². The highest BCUT2D eigenvalue weighted by Crippen LogP contribution is 2.33. The Labute approximate surface area is 231 Å². The summed E-state index contributed by atoms with van der Waals surface area (Å²) in [6.07, 6.45) is 6.00. The van der Waals surface area contributed by atoms with Crippen molar-refractivity contribution in [2.75, 3.05) is 0 Å². The average molecular weight is 507 g/mol. The van der Waals surface area contributed by atoms with Crippen LogP contribution in [0.5, 0.6) is 0 Å². The molecule has 0 radical (unpaired) electrons. The molecule has 0 aliphatic heterocycles. The highest BCUT2D eigenvalue weighted by atomic mass is 15.1. The Morgan fingerprint density at radius 3 is 2.05 bits per heavy atom. The number of rotatable bonds is 9. The SMILES string of the molecule is Cc1ccc(-c2cccc(CCCCCc3ccccc3)c2)cc1-c1nc2ccccc2n1-c1ccccc1.